The maximum Gasteiger partial charge on any atom is 0.195 e. The molecule has 1 atom stereocenters. The molecule has 0 bridgehead atoms. The first-order valence-electron chi connectivity index (χ1n) is 7.01. The van der Waals surface area contributed by atoms with E-state index in [0.29, 0.717) is 0 Å². The van der Waals surface area contributed by atoms with Crippen molar-refractivity contribution in [2.75, 3.05) is 25.9 Å². The predicted molar refractivity (Wildman–Crippen MR) is 82.4 cm³/mol. The largest absolute Gasteiger partial charge is 0.306 e. The van der Waals surface area contributed by atoms with Gasteiger partial charge in [-0.15, -0.1) is 10.2 Å². The minimum Gasteiger partial charge on any atom is -0.306 e. The highest BCUT2D eigenvalue weighted by atomic mass is 32.2. The zero-order valence-corrected chi connectivity index (χ0v) is 12.8. The summed E-state index contributed by atoms with van der Waals surface area (Å²) in [6.07, 6.45) is 3.10. The molecule has 1 fully saturated rings. The average Bonchev–Trinajstić information content (AvgIpc) is 3.06. The maximum atomic E-state index is 4.28. The molecule has 1 aliphatic rings. The maximum absolute atomic E-state index is 4.28. The highest BCUT2D eigenvalue weighted by Crippen LogP contribution is 2.26. The minimum absolute atomic E-state index is 0.770. The van der Waals surface area contributed by atoms with Gasteiger partial charge in [0.15, 0.2) is 5.16 Å². The van der Waals surface area contributed by atoms with E-state index in [0.717, 1.165) is 16.8 Å². The second-order valence-corrected chi connectivity index (χ2v) is 6.49. The molecule has 0 aliphatic carbocycles. The molecule has 1 aliphatic heterocycles. The summed E-state index contributed by atoms with van der Waals surface area (Å²) in [5.41, 5.74) is 2.42. The third kappa shape index (κ3) is 2.88. The van der Waals surface area contributed by atoms with Gasteiger partial charge < -0.3 is 4.90 Å². The highest BCUT2D eigenvalue weighted by molar-refractivity contribution is 7.99. The van der Waals surface area contributed by atoms with Crippen molar-refractivity contribution in [2.45, 2.75) is 18.5 Å². The Kier molecular flexibility index (Phi) is 4.08. The van der Waals surface area contributed by atoms with Gasteiger partial charge >= 0.3 is 0 Å². The van der Waals surface area contributed by atoms with E-state index in [1.165, 1.54) is 30.8 Å². The van der Waals surface area contributed by atoms with E-state index in [-0.39, 0.29) is 0 Å². The quantitative estimate of drug-likeness (QED) is 0.810. The molecule has 0 N–H and O–H groups in total. The Bertz CT molecular complexity index is 581. The molecule has 2 aromatic rings. The number of hydrogen-bond donors (Lipinski definition) is 0. The average molecular weight is 288 g/mol. The van der Waals surface area contributed by atoms with Crippen LogP contribution in [-0.4, -0.2) is 45.6 Å². The summed E-state index contributed by atoms with van der Waals surface area (Å²) < 4.78 is 2.10. The van der Waals surface area contributed by atoms with Gasteiger partial charge in [0.05, 0.1) is 5.69 Å². The molecule has 3 rings (SSSR count). The second-order valence-electron chi connectivity index (χ2n) is 5.50. The van der Waals surface area contributed by atoms with Gasteiger partial charge in [-0.25, -0.2) is 0 Å². The van der Waals surface area contributed by atoms with Crippen LogP contribution >= 0.6 is 11.8 Å². The number of likely N-dealkylation sites (tertiary alicyclic amines) is 1. The molecule has 1 aromatic carbocycles. The molecule has 1 aromatic heterocycles. The fraction of sp³-hybridized carbons (Fsp3) is 0.467. The van der Waals surface area contributed by atoms with Crippen molar-refractivity contribution in [1.29, 1.82) is 0 Å². The van der Waals surface area contributed by atoms with Crippen molar-refractivity contribution in [3.8, 4) is 5.69 Å². The fourth-order valence-corrected chi connectivity index (χ4v) is 3.72. The lowest BCUT2D eigenvalue weighted by molar-refractivity contribution is 0.403. The summed E-state index contributed by atoms with van der Waals surface area (Å²) >= 11 is 1.82. The third-order valence-electron chi connectivity index (χ3n) is 3.83. The van der Waals surface area contributed by atoms with Crippen LogP contribution in [0.2, 0.25) is 0 Å². The van der Waals surface area contributed by atoms with Crippen molar-refractivity contribution in [3.05, 3.63) is 36.2 Å². The van der Waals surface area contributed by atoms with Crippen molar-refractivity contribution in [2.24, 2.45) is 5.92 Å². The van der Waals surface area contributed by atoms with E-state index in [9.17, 15) is 0 Å². The lowest BCUT2D eigenvalue weighted by Gasteiger charge is -2.11. The molecule has 20 heavy (non-hydrogen) atoms. The Morgan fingerprint density at radius 3 is 2.95 bits per heavy atom. The summed E-state index contributed by atoms with van der Waals surface area (Å²) in [6, 6.07) is 8.36. The van der Waals surface area contributed by atoms with Crippen LogP contribution in [0.3, 0.4) is 0 Å². The Morgan fingerprint density at radius 2 is 2.20 bits per heavy atom. The molecular weight excluding hydrogens is 268 g/mol. The molecule has 1 saturated heterocycles. The lowest BCUT2D eigenvalue weighted by Crippen LogP contribution is -2.15. The van der Waals surface area contributed by atoms with Gasteiger partial charge in [0.1, 0.15) is 6.33 Å². The monoisotopic (exact) mass is 288 g/mol. The zero-order chi connectivity index (χ0) is 13.9. The zero-order valence-electron chi connectivity index (χ0n) is 12.0. The molecule has 0 amide bonds. The topological polar surface area (TPSA) is 34.0 Å². The van der Waals surface area contributed by atoms with Crippen LogP contribution in [0.15, 0.2) is 35.7 Å². The number of nitrogens with zero attached hydrogens (tertiary/aromatic N) is 4. The summed E-state index contributed by atoms with van der Waals surface area (Å²) in [5, 5.41) is 9.35. The van der Waals surface area contributed by atoms with Gasteiger partial charge in [-0.05, 0) is 44.5 Å². The predicted octanol–water partition coefficient (Wildman–Crippen LogP) is 2.62. The Hall–Kier alpha value is -1.33. The molecule has 0 radical (unpaired) electrons. The van der Waals surface area contributed by atoms with Crippen LogP contribution in [0, 0.1) is 12.8 Å². The van der Waals surface area contributed by atoms with E-state index >= 15 is 0 Å². The first-order chi connectivity index (χ1) is 9.74. The van der Waals surface area contributed by atoms with E-state index in [4.69, 9.17) is 0 Å². The van der Waals surface area contributed by atoms with Crippen molar-refractivity contribution in [3.63, 3.8) is 0 Å². The molecule has 2 heterocycles. The second kappa shape index (κ2) is 5.97. The lowest BCUT2D eigenvalue weighted by atomic mass is 10.2. The van der Waals surface area contributed by atoms with Gasteiger partial charge in [-0.2, -0.15) is 0 Å². The van der Waals surface area contributed by atoms with Crippen molar-refractivity contribution >= 4 is 11.8 Å². The van der Waals surface area contributed by atoms with Gasteiger partial charge in [0.2, 0.25) is 0 Å². The summed E-state index contributed by atoms with van der Waals surface area (Å²) in [7, 11) is 2.19. The number of aryl methyl sites for hydroxylation is 1. The van der Waals surface area contributed by atoms with E-state index in [2.05, 4.69) is 57.9 Å². The van der Waals surface area contributed by atoms with E-state index in [1.54, 1.807) is 0 Å². The molecule has 5 heteroatoms. The first-order valence-corrected chi connectivity index (χ1v) is 8.00. The van der Waals surface area contributed by atoms with Gasteiger partial charge in [-0.3, -0.25) is 4.57 Å². The van der Waals surface area contributed by atoms with Gasteiger partial charge in [0.25, 0.3) is 0 Å². The van der Waals surface area contributed by atoms with Crippen LogP contribution in [-0.2, 0) is 0 Å². The number of benzene rings is 1. The van der Waals surface area contributed by atoms with Gasteiger partial charge in [0, 0.05) is 12.3 Å². The molecule has 4 nitrogen and oxygen atoms in total. The standard InChI is InChI=1S/C15H20N4S/c1-12-5-3-4-6-14(12)19-11-16-17-15(19)20-10-13-7-8-18(2)9-13/h3-6,11,13H,7-10H2,1-2H3/t13-/m0/s1. The Morgan fingerprint density at radius 1 is 1.35 bits per heavy atom. The summed E-state index contributed by atoms with van der Waals surface area (Å²) in [5.74, 6) is 1.89. The normalized spacial score (nSPS) is 19.6. The molecule has 0 unspecified atom stereocenters. The van der Waals surface area contributed by atoms with Crippen LogP contribution in [0.5, 0.6) is 0 Å². The van der Waals surface area contributed by atoms with Crippen LogP contribution in [0.25, 0.3) is 5.69 Å². The molecule has 0 saturated carbocycles. The van der Waals surface area contributed by atoms with E-state index in [1.807, 2.05) is 18.1 Å². The molecule has 106 valence electrons. The van der Waals surface area contributed by atoms with Crippen LogP contribution < -0.4 is 0 Å². The number of hydrogen-bond acceptors (Lipinski definition) is 4. The van der Waals surface area contributed by atoms with Crippen LogP contribution in [0.1, 0.15) is 12.0 Å². The Balaban J connectivity index is 1.72. The smallest absolute Gasteiger partial charge is 0.195 e. The number of thioether (sulfide) groups is 1. The molecule has 0 spiro atoms. The molecular formula is C15H20N4S. The minimum atomic E-state index is 0.770. The summed E-state index contributed by atoms with van der Waals surface area (Å²) in [4.78, 5) is 2.40. The van der Waals surface area contributed by atoms with Gasteiger partial charge in [-0.1, -0.05) is 30.0 Å². The number of para-hydroxylation sites is 1. The number of aromatic nitrogens is 3. The number of rotatable bonds is 4. The van der Waals surface area contributed by atoms with E-state index < -0.39 is 0 Å². The summed E-state index contributed by atoms with van der Waals surface area (Å²) in [6.45, 7) is 4.54. The van der Waals surface area contributed by atoms with Crippen LogP contribution in [0.4, 0.5) is 0 Å². The van der Waals surface area contributed by atoms with Crippen molar-refractivity contribution < 1.29 is 0 Å². The Labute approximate surface area is 124 Å². The fourth-order valence-electron chi connectivity index (χ4n) is 2.68. The van der Waals surface area contributed by atoms with Crippen molar-refractivity contribution in [1.82, 2.24) is 19.7 Å². The SMILES string of the molecule is Cc1ccccc1-n1cnnc1SC[C@H]1CCN(C)C1. The third-order valence-corrected chi connectivity index (χ3v) is 5.00. The highest BCUT2D eigenvalue weighted by Gasteiger charge is 2.20. The first kappa shape index (κ1) is 13.6.